The molecule has 0 aliphatic rings. The second-order valence-corrected chi connectivity index (χ2v) is 6.05. The van der Waals surface area contributed by atoms with Crippen LogP contribution >= 0.6 is 0 Å². The third-order valence-electron chi connectivity index (χ3n) is 3.81. The highest BCUT2D eigenvalue weighted by Crippen LogP contribution is 2.10. The molecule has 23 heavy (non-hydrogen) atoms. The Bertz CT molecular complexity index is 356. The molecule has 0 bridgehead atoms. The van der Waals surface area contributed by atoms with Gasteiger partial charge in [-0.15, -0.1) is 0 Å². The Morgan fingerprint density at radius 2 is 1.52 bits per heavy atom. The number of amidine groups is 1. The van der Waals surface area contributed by atoms with Gasteiger partial charge in [0.15, 0.2) is 0 Å². The van der Waals surface area contributed by atoms with Gasteiger partial charge in [0.2, 0.25) is 0 Å². The minimum absolute atomic E-state index is 0.0255. The quantitative estimate of drug-likeness (QED) is 0.227. The maximum absolute atomic E-state index is 11.9. The molecule has 0 radical (unpaired) electrons. The van der Waals surface area contributed by atoms with Crippen molar-refractivity contribution in [3.05, 3.63) is 0 Å². The van der Waals surface area contributed by atoms with Crippen LogP contribution in [0.2, 0.25) is 0 Å². The zero-order valence-electron chi connectivity index (χ0n) is 15.2. The molecule has 0 aliphatic carbocycles. The molecule has 0 spiro atoms. The third-order valence-corrected chi connectivity index (χ3v) is 3.81. The number of ether oxygens (including phenoxy) is 1. The summed E-state index contributed by atoms with van der Waals surface area (Å²) in [6.07, 6.45) is 10.3. The first-order valence-corrected chi connectivity index (χ1v) is 8.97. The minimum atomic E-state index is -0.365. The second-order valence-electron chi connectivity index (χ2n) is 6.05. The van der Waals surface area contributed by atoms with Gasteiger partial charge in [0.25, 0.3) is 0 Å². The van der Waals surface area contributed by atoms with Gasteiger partial charge in [-0.3, -0.25) is 15.0 Å². The Kier molecular flexibility index (Phi) is 13.4. The number of nitrogens with zero attached hydrogens (tertiary/aromatic N) is 1. The lowest BCUT2D eigenvalue weighted by Crippen LogP contribution is -2.33. The topological polar surface area (TPSA) is 70.5 Å². The predicted molar refractivity (Wildman–Crippen MR) is 93.8 cm³/mol. The highest BCUT2D eigenvalue weighted by atomic mass is 16.5. The van der Waals surface area contributed by atoms with E-state index >= 15 is 0 Å². The van der Waals surface area contributed by atoms with Crippen molar-refractivity contribution < 1.29 is 14.3 Å². The predicted octanol–water partition coefficient (Wildman–Crippen LogP) is 3.95. The molecular weight excluding hydrogens is 292 g/mol. The van der Waals surface area contributed by atoms with Crippen LogP contribution in [-0.4, -0.2) is 42.7 Å². The number of carbonyl (C=O) groups is 2. The fourth-order valence-electron chi connectivity index (χ4n) is 2.36. The Morgan fingerprint density at radius 3 is 2.09 bits per heavy atom. The van der Waals surface area contributed by atoms with Crippen LogP contribution in [0.15, 0.2) is 0 Å². The van der Waals surface area contributed by atoms with E-state index < -0.39 is 0 Å². The number of Topliss-reactive ketones (excluding diaryl/α,β-unsaturated/α-hetero) is 1. The van der Waals surface area contributed by atoms with Crippen molar-refractivity contribution in [3.8, 4) is 0 Å². The number of likely N-dealkylation sites (N-methyl/N-ethyl adjacent to an activating group) is 1. The van der Waals surface area contributed by atoms with E-state index in [-0.39, 0.29) is 30.6 Å². The zero-order valence-corrected chi connectivity index (χ0v) is 15.2. The summed E-state index contributed by atoms with van der Waals surface area (Å²) in [5.74, 6) is -0.102. The van der Waals surface area contributed by atoms with Gasteiger partial charge in [0, 0.05) is 13.5 Å². The zero-order chi connectivity index (χ0) is 17.5. The van der Waals surface area contributed by atoms with Crippen LogP contribution in [-0.2, 0) is 14.3 Å². The summed E-state index contributed by atoms with van der Waals surface area (Å²) < 4.78 is 4.83. The molecule has 1 N–H and O–H groups in total. The van der Waals surface area contributed by atoms with Crippen LogP contribution < -0.4 is 0 Å². The molecule has 0 heterocycles. The van der Waals surface area contributed by atoms with Crippen molar-refractivity contribution in [3.63, 3.8) is 0 Å². The van der Waals surface area contributed by atoms with Gasteiger partial charge >= 0.3 is 5.97 Å². The van der Waals surface area contributed by atoms with E-state index in [1.54, 1.807) is 14.0 Å². The summed E-state index contributed by atoms with van der Waals surface area (Å²) in [7, 11) is 1.64. The number of hydrogen-bond acceptors (Lipinski definition) is 4. The average Bonchev–Trinajstić information content (AvgIpc) is 2.50. The fourth-order valence-corrected chi connectivity index (χ4v) is 2.36. The molecule has 0 aromatic rings. The highest BCUT2D eigenvalue weighted by molar-refractivity contribution is 6.00. The summed E-state index contributed by atoms with van der Waals surface area (Å²) in [6.45, 7) is 4.32. The number of unbranched alkanes of at least 4 members (excludes halogenated alkanes) is 7. The summed E-state index contributed by atoms with van der Waals surface area (Å²) in [6, 6.07) is 0. The largest absolute Gasteiger partial charge is 0.465 e. The van der Waals surface area contributed by atoms with Crippen molar-refractivity contribution in [1.29, 1.82) is 5.41 Å². The second kappa shape index (κ2) is 14.2. The molecule has 5 nitrogen and oxygen atoms in total. The molecule has 0 saturated heterocycles. The number of carbonyl (C=O) groups excluding carboxylic acids is 2. The van der Waals surface area contributed by atoms with Gasteiger partial charge in [0.1, 0.15) is 18.2 Å². The molecular formula is C18H34N2O3. The summed E-state index contributed by atoms with van der Waals surface area (Å²) in [4.78, 5) is 24.7. The lowest BCUT2D eigenvalue weighted by Gasteiger charge is -2.18. The molecule has 0 saturated carbocycles. The van der Waals surface area contributed by atoms with E-state index in [2.05, 4.69) is 6.92 Å². The van der Waals surface area contributed by atoms with Crippen molar-refractivity contribution in [2.24, 2.45) is 0 Å². The average molecular weight is 326 g/mol. The van der Waals surface area contributed by atoms with Crippen LogP contribution in [0.25, 0.3) is 0 Å². The van der Waals surface area contributed by atoms with Gasteiger partial charge in [-0.1, -0.05) is 51.9 Å². The van der Waals surface area contributed by atoms with Gasteiger partial charge in [-0.25, -0.2) is 0 Å². The van der Waals surface area contributed by atoms with Crippen LogP contribution in [0.3, 0.4) is 0 Å². The monoisotopic (exact) mass is 326 g/mol. The van der Waals surface area contributed by atoms with E-state index in [9.17, 15) is 9.59 Å². The first-order valence-electron chi connectivity index (χ1n) is 8.97. The van der Waals surface area contributed by atoms with Crippen molar-refractivity contribution in [2.75, 3.05) is 20.2 Å². The fraction of sp³-hybridized carbons (Fsp3) is 0.833. The Morgan fingerprint density at radius 1 is 0.957 bits per heavy atom. The lowest BCUT2D eigenvalue weighted by atomic mass is 10.0. The lowest BCUT2D eigenvalue weighted by molar-refractivity contribution is -0.143. The van der Waals surface area contributed by atoms with E-state index in [0.717, 1.165) is 12.8 Å². The molecule has 134 valence electrons. The molecule has 5 heteroatoms. The van der Waals surface area contributed by atoms with Crippen molar-refractivity contribution in [2.45, 2.75) is 78.1 Å². The number of rotatable bonds is 14. The van der Waals surface area contributed by atoms with Crippen LogP contribution in [0.1, 0.15) is 78.1 Å². The SMILES string of the molecule is CCCCCCCCCCC(=O)CC(=N)N(C)CC(=O)OCC. The van der Waals surface area contributed by atoms with E-state index in [0.29, 0.717) is 13.0 Å². The van der Waals surface area contributed by atoms with Crippen LogP contribution in [0, 0.1) is 5.41 Å². The van der Waals surface area contributed by atoms with Gasteiger partial charge in [-0.2, -0.15) is 0 Å². The molecule has 0 aromatic carbocycles. The van der Waals surface area contributed by atoms with E-state index in [1.165, 1.54) is 43.4 Å². The number of nitrogens with one attached hydrogen (secondary N) is 1. The Hall–Kier alpha value is -1.39. The van der Waals surface area contributed by atoms with Crippen LogP contribution in [0.5, 0.6) is 0 Å². The Labute approximate surface area is 141 Å². The number of hydrogen-bond donors (Lipinski definition) is 1. The van der Waals surface area contributed by atoms with Gasteiger partial charge in [-0.05, 0) is 13.3 Å². The minimum Gasteiger partial charge on any atom is -0.465 e. The van der Waals surface area contributed by atoms with E-state index in [4.69, 9.17) is 10.1 Å². The van der Waals surface area contributed by atoms with Crippen molar-refractivity contribution >= 4 is 17.6 Å². The first-order chi connectivity index (χ1) is 11.0. The third kappa shape index (κ3) is 12.8. The molecule has 0 amide bonds. The van der Waals surface area contributed by atoms with Crippen molar-refractivity contribution in [1.82, 2.24) is 4.90 Å². The van der Waals surface area contributed by atoms with E-state index in [1.807, 2.05) is 0 Å². The van der Waals surface area contributed by atoms with Gasteiger partial charge < -0.3 is 9.64 Å². The molecule has 0 fully saturated rings. The summed E-state index contributed by atoms with van der Waals surface area (Å²) in [5.41, 5.74) is 0. The summed E-state index contributed by atoms with van der Waals surface area (Å²) >= 11 is 0. The van der Waals surface area contributed by atoms with Gasteiger partial charge in [0.05, 0.1) is 13.0 Å². The molecule has 0 atom stereocenters. The normalized spacial score (nSPS) is 10.4. The molecule has 0 aliphatic heterocycles. The highest BCUT2D eigenvalue weighted by Gasteiger charge is 2.13. The first kappa shape index (κ1) is 21.6. The Balaban J connectivity index is 3.68. The smallest absolute Gasteiger partial charge is 0.325 e. The maximum atomic E-state index is 11.9. The molecule has 0 rings (SSSR count). The molecule has 0 aromatic heterocycles. The summed E-state index contributed by atoms with van der Waals surface area (Å²) in [5, 5.41) is 7.86. The number of esters is 1. The maximum Gasteiger partial charge on any atom is 0.325 e. The van der Waals surface area contributed by atoms with Crippen LogP contribution in [0.4, 0.5) is 0 Å². The molecule has 0 unspecified atom stereocenters. The number of ketones is 1. The standard InChI is InChI=1S/C18H34N2O3/c1-4-6-7-8-9-10-11-12-13-16(21)14-17(19)20(3)15-18(22)23-5-2/h19H,4-15H2,1-3H3.